The summed E-state index contributed by atoms with van der Waals surface area (Å²) in [4.78, 5) is 30.3. The lowest BCUT2D eigenvalue weighted by atomic mass is 9.86. The number of nitrogens with zero attached hydrogens (tertiary/aromatic N) is 1. The largest absolute Gasteiger partial charge is 0.513 e. The minimum atomic E-state index is -0.905. The smallest absolute Gasteiger partial charge is 0.430 e. The Kier molecular flexibility index (Phi) is 6.30. The van der Waals surface area contributed by atoms with Crippen LogP contribution in [0.15, 0.2) is 36.6 Å². The van der Waals surface area contributed by atoms with Crippen molar-refractivity contribution in [2.45, 2.75) is 18.4 Å². The monoisotopic (exact) mass is 426 g/mol. The first-order valence-electron chi connectivity index (χ1n) is 8.67. The molecule has 0 aromatic heterocycles. The normalized spacial score (nSPS) is 18.9. The number of carbonyl (C=O) groups excluding carboxylic acids is 2. The molecule has 2 aliphatic heterocycles. The molecule has 2 aliphatic rings. The number of rotatable bonds is 5. The van der Waals surface area contributed by atoms with Gasteiger partial charge in [-0.15, -0.1) is 0 Å². The molecule has 0 unspecified atom stereocenters. The predicted molar refractivity (Wildman–Crippen MR) is 105 cm³/mol. The molecule has 0 atom stereocenters. The summed E-state index contributed by atoms with van der Waals surface area (Å²) in [5.74, 6) is -0.128. The quantitative estimate of drug-likeness (QED) is 0.572. The van der Waals surface area contributed by atoms with Crippen molar-refractivity contribution in [3.63, 3.8) is 0 Å². The summed E-state index contributed by atoms with van der Waals surface area (Å²) >= 11 is 12.1. The molecule has 3 rings (SSSR count). The Morgan fingerprint density at radius 1 is 1.32 bits per heavy atom. The summed E-state index contributed by atoms with van der Waals surface area (Å²) in [6.07, 6.45) is 1.53. The minimum absolute atomic E-state index is 0.0000468. The molecule has 28 heavy (non-hydrogen) atoms. The van der Waals surface area contributed by atoms with E-state index in [1.165, 1.54) is 6.08 Å². The fourth-order valence-electron chi connectivity index (χ4n) is 3.38. The summed E-state index contributed by atoms with van der Waals surface area (Å²) in [6, 6.07) is 4.82. The third-order valence-electron chi connectivity index (χ3n) is 4.79. The number of carbonyl (C=O) groups is 2. The number of amides is 1. The van der Waals surface area contributed by atoms with Gasteiger partial charge in [0.05, 0.1) is 22.7 Å². The van der Waals surface area contributed by atoms with E-state index in [0.29, 0.717) is 41.5 Å². The summed E-state index contributed by atoms with van der Waals surface area (Å²) < 4.78 is 10.5. The van der Waals surface area contributed by atoms with Crippen molar-refractivity contribution in [1.29, 1.82) is 0 Å². The van der Waals surface area contributed by atoms with Gasteiger partial charge in [0, 0.05) is 13.1 Å². The molecule has 9 heteroatoms. The van der Waals surface area contributed by atoms with Crippen molar-refractivity contribution >= 4 is 40.8 Å². The van der Waals surface area contributed by atoms with E-state index in [1.807, 2.05) is 0 Å². The molecule has 150 valence electrons. The maximum absolute atomic E-state index is 12.9. The molecule has 0 saturated carbocycles. The van der Waals surface area contributed by atoms with Crippen molar-refractivity contribution in [3.8, 4) is 0 Å². The molecular weight excluding hydrogens is 407 g/mol. The second-order valence-corrected chi connectivity index (χ2v) is 7.25. The third-order valence-corrected chi connectivity index (χ3v) is 5.53. The highest BCUT2D eigenvalue weighted by Crippen LogP contribution is 2.41. The number of hydroxylamine groups is 2. The van der Waals surface area contributed by atoms with Crippen molar-refractivity contribution in [3.05, 3.63) is 52.2 Å². The van der Waals surface area contributed by atoms with Gasteiger partial charge in [-0.05, 0) is 30.5 Å². The maximum atomic E-state index is 12.9. The Bertz CT molecular complexity index is 832. The second kappa shape index (κ2) is 8.53. The van der Waals surface area contributed by atoms with Crippen LogP contribution in [0, 0.1) is 0 Å². The minimum Gasteiger partial charge on any atom is -0.430 e. The van der Waals surface area contributed by atoms with Crippen LogP contribution in [0.3, 0.4) is 0 Å². The zero-order valence-corrected chi connectivity index (χ0v) is 16.8. The first kappa shape index (κ1) is 20.7. The van der Waals surface area contributed by atoms with E-state index in [2.05, 4.69) is 11.9 Å². The first-order chi connectivity index (χ1) is 13.4. The zero-order valence-electron chi connectivity index (χ0n) is 15.3. The maximum Gasteiger partial charge on any atom is 0.513 e. The third kappa shape index (κ3) is 4.03. The fraction of sp³-hybridized carbons (Fsp3) is 0.368. The van der Waals surface area contributed by atoms with E-state index in [0.717, 1.165) is 0 Å². The van der Waals surface area contributed by atoms with Gasteiger partial charge in [-0.1, -0.05) is 41.9 Å². The van der Waals surface area contributed by atoms with Crippen LogP contribution in [0.4, 0.5) is 4.79 Å². The van der Waals surface area contributed by atoms with E-state index in [1.54, 1.807) is 30.4 Å². The number of benzene rings is 1. The van der Waals surface area contributed by atoms with Crippen LogP contribution in [0.2, 0.25) is 10.0 Å². The van der Waals surface area contributed by atoms with Crippen LogP contribution in [-0.4, -0.2) is 49.5 Å². The number of hydrogen-bond donors (Lipinski definition) is 1. The number of piperidine rings is 1. The lowest BCUT2D eigenvalue weighted by molar-refractivity contribution is -0.152. The molecule has 1 aromatic carbocycles. The molecule has 1 amide bonds. The van der Waals surface area contributed by atoms with Crippen molar-refractivity contribution in [2.24, 2.45) is 0 Å². The Hall–Kier alpha value is -2.06. The van der Waals surface area contributed by atoms with Crippen LogP contribution < -0.4 is 5.32 Å². The van der Waals surface area contributed by atoms with E-state index in [9.17, 15) is 9.59 Å². The molecule has 1 fully saturated rings. The van der Waals surface area contributed by atoms with E-state index < -0.39 is 11.7 Å². The van der Waals surface area contributed by atoms with Gasteiger partial charge in [-0.3, -0.25) is 4.79 Å². The zero-order chi connectivity index (χ0) is 20.3. The number of ether oxygens (including phenoxy) is 2. The number of nitrogens with one attached hydrogen (secondary N) is 1. The van der Waals surface area contributed by atoms with Gasteiger partial charge in [0.25, 0.3) is 5.91 Å². The average molecular weight is 427 g/mol. The van der Waals surface area contributed by atoms with Gasteiger partial charge < -0.3 is 19.6 Å². The molecule has 0 bridgehead atoms. The molecule has 1 spiro atoms. The van der Waals surface area contributed by atoms with Crippen LogP contribution >= 0.6 is 23.2 Å². The highest BCUT2D eigenvalue weighted by Gasteiger charge is 2.50. The number of halogens is 2. The molecule has 2 heterocycles. The van der Waals surface area contributed by atoms with E-state index >= 15 is 0 Å². The average Bonchev–Trinajstić information content (AvgIpc) is 2.94. The van der Waals surface area contributed by atoms with Crippen LogP contribution in [0.25, 0.3) is 5.57 Å². The summed E-state index contributed by atoms with van der Waals surface area (Å²) in [6.45, 7) is 4.61. The summed E-state index contributed by atoms with van der Waals surface area (Å²) in [5.41, 5.74) is -0.0923. The highest BCUT2D eigenvalue weighted by molar-refractivity contribution is 6.42. The topological polar surface area (TPSA) is 77.1 Å². The highest BCUT2D eigenvalue weighted by atomic mass is 35.5. The number of hydrogen-bond acceptors (Lipinski definition) is 6. The van der Waals surface area contributed by atoms with Gasteiger partial charge in [0.1, 0.15) is 12.1 Å². The first-order valence-corrected chi connectivity index (χ1v) is 9.43. The van der Waals surface area contributed by atoms with Crippen LogP contribution in [-0.2, 0) is 19.1 Å². The summed E-state index contributed by atoms with van der Waals surface area (Å²) in [5, 5.41) is 5.42. The molecule has 0 aliphatic carbocycles. The van der Waals surface area contributed by atoms with Crippen molar-refractivity contribution < 1.29 is 23.9 Å². The van der Waals surface area contributed by atoms with Crippen LogP contribution in [0.5, 0.6) is 0 Å². The Labute approximate surface area is 172 Å². The van der Waals surface area contributed by atoms with Crippen LogP contribution in [0.1, 0.15) is 18.4 Å². The molecule has 7 nitrogen and oxygen atoms in total. The lowest BCUT2D eigenvalue weighted by Crippen LogP contribution is -2.53. The summed E-state index contributed by atoms with van der Waals surface area (Å²) in [7, 11) is 1.59. The molecular formula is C19H20Cl2N2O5. The SMILES string of the molecule is C=CCOC(=O)OC1=C(c2ccc(Cl)c(Cl)c2)C(=O)NC12CCN(OC)CC2. The molecule has 1 N–H and O–H groups in total. The fourth-order valence-corrected chi connectivity index (χ4v) is 3.68. The Morgan fingerprint density at radius 2 is 2.04 bits per heavy atom. The Balaban J connectivity index is 2.02. The molecule has 1 saturated heterocycles. The van der Waals surface area contributed by atoms with Gasteiger partial charge in [-0.2, -0.15) is 5.06 Å². The van der Waals surface area contributed by atoms with Gasteiger partial charge >= 0.3 is 6.16 Å². The van der Waals surface area contributed by atoms with Gasteiger partial charge in [-0.25, -0.2) is 4.79 Å². The molecule has 1 aromatic rings. The van der Waals surface area contributed by atoms with E-state index in [-0.39, 0.29) is 23.8 Å². The van der Waals surface area contributed by atoms with Crippen molar-refractivity contribution in [2.75, 3.05) is 26.8 Å². The van der Waals surface area contributed by atoms with Crippen molar-refractivity contribution in [1.82, 2.24) is 10.4 Å². The van der Waals surface area contributed by atoms with Gasteiger partial charge in [0.15, 0.2) is 5.76 Å². The van der Waals surface area contributed by atoms with E-state index in [4.69, 9.17) is 37.5 Å². The Morgan fingerprint density at radius 3 is 2.64 bits per heavy atom. The second-order valence-electron chi connectivity index (χ2n) is 6.43. The lowest BCUT2D eigenvalue weighted by Gasteiger charge is -2.38. The standard InChI is InChI=1S/C19H20Cl2N2O5/c1-3-10-27-18(25)28-16-15(12-4-5-13(20)14(21)11-12)17(24)22-19(16)6-8-23(26-2)9-7-19/h3-5,11H,1,6-10H2,2H3,(H,22,24). The predicted octanol–water partition coefficient (Wildman–Crippen LogP) is 3.57. The van der Waals surface area contributed by atoms with Gasteiger partial charge in [0.2, 0.25) is 0 Å². The molecule has 0 radical (unpaired) electrons.